The normalized spacial score (nSPS) is 17.9. The zero-order valence-corrected chi connectivity index (χ0v) is 14.5. The molecule has 110 valence electrons. The average Bonchev–Trinajstić information content (AvgIpc) is 3.06. The van der Waals surface area contributed by atoms with E-state index in [2.05, 4.69) is 55.7 Å². The molecule has 0 bridgehead atoms. The molecule has 0 aromatic carbocycles. The maximum Gasteiger partial charge on any atom is 0.195 e. The predicted molar refractivity (Wildman–Crippen MR) is 89.2 cm³/mol. The molecule has 1 aliphatic heterocycles. The van der Waals surface area contributed by atoms with Gasteiger partial charge in [0, 0.05) is 43.1 Å². The maximum atomic E-state index is 4.82. The average molecular weight is 357 g/mol. The second-order valence-corrected chi connectivity index (χ2v) is 6.78. The highest BCUT2D eigenvalue weighted by Gasteiger charge is 2.25. The first kappa shape index (κ1) is 14.4. The first-order chi connectivity index (χ1) is 9.74. The highest BCUT2D eigenvalue weighted by atomic mass is 79.9. The molecule has 2 aromatic heterocycles. The SMILES string of the molecule is CCN1CCC(N(C)c2nc3sccn3c2CBr)CC1. The van der Waals surface area contributed by atoms with Crippen LogP contribution in [-0.4, -0.2) is 47.0 Å². The molecule has 20 heavy (non-hydrogen) atoms. The van der Waals surface area contributed by atoms with Gasteiger partial charge in [0.15, 0.2) is 10.8 Å². The molecule has 2 aromatic rings. The van der Waals surface area contributed by atoms with Gasteiger partial charge in [-0.2, -0.15) is 0 Å². The van der Waals surface area contributed by atoms with Gasteiger partial charge in [-0.25, -0.2) is 4.98 Å². The summed E-state index contributed by atoms with van der Waals surface area (Å²) in [6.45, 7) is 5.83. The molecular weight excluding hydrogens is 336 g/mol. The predicted octanol–water partition coefficient (Wildman–Crippen LogP) is 3.21. The Hall–Kier alpha value is -0.590. The Morgan fingerprint density at radius 3 is 2.85 bits per heavy atom. The molecule has 0 amide bonds. The first-order valence-corrected chi connectivity index (χ1v) is 9.20. The Balaban J connectivity index is 1.81. The van der Waals surface area contributed by atoms with Crippen LogP contribution < -0.4 is 4.90 Å². The van der Waals surface area contributed by atoms with Gasteiger partial charge in [0.2, 0.25) is 0 Å². The standard InChI is InChI=1S/C14H21BrN4S/c1-3-18-6-4-11(5-7-18)17(2)13-12(10-15)19-8-9-20-14(19)16-13/h8-9,11H,3-7,10H2,1-2H3. The van der Waals surface area contributed by atoms with Crippen LogP contribution in [0.5, 0.6) is 0 Å². The third-order valence-corrected chi connectivity index (χ3v) is 5.64. The minimum Gasteiger partial charge on any atom is -0.355 e. The Bertz CT molecular complexity index is 571. The number of piperidine rings is 1. The lowest BCUT2D eigenvalue weighted by molar-refractivity contribution is 0.220. The van der Waals surface area contributed by atoms with Crippen molar-refractivity contribution in [1.29, 1.82) is 0 Å². The summed E-state index contributed by atoms with van der Waals surface area (Å²) in [4.78, 5) is 10.8. The lowest BCUT2D eigenvalue weighted by Crippen LogP contribution is -2.43. The van der Waals surface area contributed by atoms with E-state index in [-0.39, 0.29) is 0 Å². The molecule has 4 nitrogen and oxygen atoms in total. The van der Waals surface area contributed by atoms with Gasteiger partial charge >= 0.3 is 0 Å². The molecule has 0 atom stereocenters. The number of imidazole rings is 1. The van der Waals surface area contributed by atoms with Gasteiger partial charge < -0.3 is 9.80 Å². The van der Waals surface area contributed by atoms with Crippen molar-refractivity contribution < 1.29 is 0 Å². The summed E-state index contributed by atoms with van der Waals surface area (Å²) in [6.07, 6.45) is 4.58. The number of aromatic nitrogens is 2. The summed E-state index contributed by atoms with van der Waals surface area (Å²) in [5, 5.41) is 2.94. The van der Waals surface area contributed by atoms with Crippen LogP contribution in [0.1, 0.15) is 25.5 Å². The summed E-state index contributed by atoms with van der Waals surface area (Å²) in [5.41, 5.74) is 1.27. The van der Waals surface area contributed by atoms with Gasteiger partial charge in [0.25, 0.3) is 0 Å². The van der Waals surface area contributed by atoms with Gasteiger partial charge in [-0.3, -0.25) is 4.40 Å². The van der Waals surface area contributed by atoms with Crippen molar-refractivity contribution in [2.75, 3.05) is 31.6 Å². The van der Waals surface area contributed by atoms with E-state index in [1.54, 1.807) is 11.3 Å². The molecule has 6 heteroatoms. The summed E-state index contributed by atoms with van der Waals surface area (Å²) in [5.74, 6) is 1.14. The van der Waals surface area contributed by atoms with Crippen molar-refractivity contribution >= 4 is 38.0 Å². The molecule has 1 aliphatic rings. The van der Waals surface area contributed by atoms with Crippen molar-refractivity contribution in [3.63, 3.8) is 0 Å². The summed E-state index contributed by atoms with van der Waals surface area (Å²) < 4.78 is 2.20. The van der Waals surface area contributed by atoms with Crippen molar-refractivity contribution in [2.24, 2.45) is 0 Å². The van der Waals surface area contributed by atoms with Crippen LogP contribution in [0.4, 0.5) is 5.82 Å². The van der Waals surface area contributed by atoms with Crippen LogP contribution in [0.3, 0.4) is 0 Å². The lowest BCUT2D eigenvalue weighted by Gasteiger charge is -2.36. The fourth-order valence-corrected chi connectivity index (χ4v) is 4.27. The molecule has 0 unspecified atom stereocenters. The van der Waals surface area contributed by atoms with Gasteiger partial charge in [-0.05, 0) is 19.4 Å². The highest BCUT2D eigenvalue weighted by Crippen LogP contribution is 2.29. The molecule has 0 saturated carbocycles. The molecule has 1 fully saturated rings. The number of anilines is 1. The highest BCUT2D eigenvalue weighted by molar-refractivity contribution is 9.08. The van der Waals surface area contributed by atoms with Crippen LogP contribution >= 0.6 is 27.3 Å². The van der Waals surface area contributed by atoms with Gasteiger partial charge in [-0.15, -0.1) is 11.3 Å². The number of hydrogen-bond donors (Lipinski definition) is 0. The number of thiazole rings is 1. The van der Waals surface area contributed by atoms with E-state index in [4.69, 9.17) is 4.98 Å². The van der Waals surface area contributed by atoms with E-state index in [9.17, 15) is 0 Å². The maximum absolute atomic E-state index is 4.82. The second-order valence-electron chi connectivity index (χ2n) is 5.35. The topological polar surface area (TPSA) is 23.8 Å². The van der Waals surface area contributed by atoms with Crippen molar-refractivity contribution in [3.05, 3.63) is 17.3 Å². The van der Waals surface area contributed by atoms with E-state index in [1.807, 2.05) is 0 Å². The third kappa shape index (κ3) is 2.49. The molecular formula is C14H21BrN4S. The van der Waals surface area contributed by atoms with Crippen LogP contribution in [0.2, 0.25) is 0 Å². The Morgan fingerprint density at radius 2 is 2.20 bits per heavy atom. The Morgan fingerprint density at radius 1 is 1.45 bits per heavy atom. The quantitative estimate of drug-likeness (QED) is 0.786. The van der Waals surface area contributed by atoms with Crippen LogP contribution in [0, 0.1) is 0 Å². The molecule has 1 saturated heterocycles. The van der Waals surface area contributed by atoms with E-state index in [0.29, 0.717) is 6.04 Å². The van der Waals surface area contributed by atoms with Crippen molar-refractivity contribution in [1.82, 2.24) is 14.3 Å². The number of nitrogens with zero attached hydrogens (tertiary/aromatic N) is 4. The van der Waals surface area contributed by atoms with Gasteiger partial charge in [-0.1, -0.05) is 22.9 Å². The Labute approximate surface area is 132 Å². The Kier molecular flexibility index (Phi) is 4.33. The van der Waals surface area contributed by atoms with Crippen molar-refractivity contribution in [3.8, 4) is 0 Å². The lowest BCUT2D eigenvalue weighted by atomic mass is 10.0. The number of fused-ring (bicyclic) bond motifs is 1. The summed E-state index contributed by atoms with van der Waals surface area (Å²) in [7, 11) is 2.20. The molecule has 0 spiro atoms. The number of halogens is 1. The first-order valence-electron chi connectivity index (χ1n) is 7.20. The minimum atomic E-state index is 0.611. The zero-order valence-electron chi connectivity index (χ0n) is 12.0. The number of rotatable bonds is 4. The zero-order chi connectivity index (χ0) is 14.1. The summed E-state index contributed by atoms with van der Waals surface area (Å²) >= 11 is 5.32. The van der Waals surface area contributed by atoms with Crippen molar-refractivity contribution in [2.45, 2.75) is 31.1 Å². The third-order valence-electron chi connectivity index (χ3n) is 4.35. The smallest absolute Gasteiger partial charge is 0.195 e. The second kappa shape index (κ2) is 6.03. The fraction of sp³-hybridized carbons (Fsp3) is 0.643. The van der Waals surface area contributed by atoms with E-state index < -0.39 is 0 Å². The molecule has 3 heterocycles. The van der Waals surface area contributed by atoms with Gasteiger partial charge in [0.1, 0.15) is 0 Å². The number of alkyl halides is 1. The van der Waals surface area contributed by atoms with E-state index >= 15 is 0 Å². The van der Waals surface area contributed by atoms with Crippen LogP contribution in [0.15, 0.2) is 11.6 Å². The number of likely N-dealkylation sites (tertiary alicyclic amines) is 1. The van der Waals surface area contributed by atoms with E-state index in [1.165, 1.54) is 38.2 Å². The van der Waals surface area contributed by atoms with Gasteiger partial charge in [0.05, 0.1) is 5.69 Å². The van der Waals surface area contributed by atoms with E-state index in [0.717, 1.165) is 16.1 Å². The molecule has 3 rings (SSSR count). The fourth-order valence-electron chi connectivity index (χ4n) is 3.02. The molecule has 0 radical (unpaired) electrons. The molecule has 0 aliphatic carbocycles. The van der Waals surface area contributed by atoms with Crippen LogP contribution in [0.25, 0.3) is 4.96 Å². The monoisotopic (exact) mass is 356 g/mol. The van der Waals surface area contributed by atoms with Crippen LogP contribution in [-0.2, 0) is 5.33 Å². The number of hydrogen-bond acceptors (Lipinski definition) is 4. The minimum absolute atomic E-state index is 0.611. The largest absolute Gasteiger partial charge is 0.355 e. The molecule has 0 N–H and O–H groups in total. The summed E-state index contributed by atoms with van der Waals surface area (Å²) in [6, 6.07) is 0.611.